The number of aromatic nitrogens is 2. The minimum atomic E-state index is 0.147. The van der Waals surface area contributed by atoms with Crippen LogP contribution < -0.4 is 0 Å². The van der Waals surface area contributed by atoms with Crippen molar-refractivity contribution in [2.24, 2.45) is 13.0 Å². The number of likely N-dealkylation sites (tertiary alicyclic amines) is 1. The molecule has 2 saturated heterocycles. The molecule has 4 rings (SSSR count). The van der Waals surface area contributed by atoms with E-state index >= 15 is 0 Å². The van der Waals surface area contributed by atoms with Crippen molar-refractivity contribution in [3.05, 3.63) is 18.0 Å². The standard InChI is InChI=1S/C19H31N5O/c1-21-9-10-23(13-17-11-20-22(2)12-17)15-19(21)6-5-18(25)24(8-7-19)14-16-3-4-16/h11-12,16H,3-10,13-15H2,1-2H3. The predicted octanol–water partition coefficient (Wildman–Crippen LogP) is 1.33. The number of aryl methyl sites for hydroxylation is 1. The number of hydrogen-bond acceptors (Lipinski definition) is 4. The van der Waals surface area contributed by atoms with Gasteiger partial charge in [0.05, 0.1) is 6.20 Å². The van der Waals surface area contributed by atoms with E-state index in [0.717, 1.165) is 58.0 Å². The van der Waals surface area contributed by atoms with Crippen LogP contribution >= 0.6 is 0 Å². The van der Waals surface area contributed by atoms with Crippen LogP contribution in [0.5, 0.6) is 0 Å². The molecule has 6 nitrogen and oxygen atoms in total. The normalized spacial score (nSPS) is 29.4. The van der Waals surface area contributed by atoms with E-state index in [1.54, 1.807) is 0 Å². The molecule has 1 atom stereocenters. The Morgan fingerprint density at radius 3 is 2.76 bits per heavy atom. The topological polar surface area (TPSA) is 44.6 Å². The minimum Gasteiger partial charge on any atom is -0.342 e. The average Bonchev–Trinajstić information content (AvgIpc) is 3.34. The first-order valence-electron chi connectivity index (χ1n) is 9.73. The van der Waals surface area contributed by atoms with E-state index < -0.39 is 0 Å². The molecule has 0 N–H and O–H groups in total. The van der Waals surface area contributed by atoms with Crippen molar-refractivity contribution in [1.29, 1.82) is 0 Å². The van der Waals surface area contributed by atoms with Gasteiger partial charge in [0.1, 0.15) is 0 Å². The minimum absolute atomic E-state index is 0.147. The fourth-order valence-corrected chi connectivity index (χ4v) is 4.53. The molecular weight excluding hydrogens is 314 g/mol. The Morgan fingerprint density at radius 1 is 1.20 bits per heavy atom. The molecule has 1 aromatic rings. The number of piperazine rings is 1. The van der Waals surface area contributed by atoms with Crippen LogP contribution in [0.2, 0.25) is 0 Å². The molecule has 3 fully saturated rings. The highest BCUT2D eigenvalue weighted by Crippen LogP contribution is 2.35. The second-order valence-electron chi connectivity index (χ2n) is 8.41. The molecule has 1 aromatic heterocycles. The Bertz CT molecular complexity index is 625. The number of carbonyl (C=O) groups is 1. The third-order valence-electron chi connectivity index (χ3n) is 6.42. The Hall–Kier alpha value is -1.40. The summed E-state index contributed by atoms with van der Waals surface area (Å²) in [5, 5.41) is 4.30. The van der Waals surface area contributed by atoms with E-state index in [0.29, 0.717) is 12.3 Å². The zero-order valence-electron chi connectivity index (χ0n) is 15.7. The van der Waals surface area contributed by atoms with Gasteiger partial charge in [-0.15, -0.1) is 0 Å². The van der Waals surface area contributed by atoms with Crippen molar-refractivity contribution in [3.8, 4) is 0 Å². The summed E-state index contributed by atoms with van der Waals surface area (Å²) in [6, 6.07) is 0. The molecule has 3 heterocycles. The van der Waals surface area contributed by atoms with Crippen molar-refractivity contribution in [3.63, 3.8) is 0 Å². The fourth-order valence-electron chi connectivity index (χ4n) is 4.53. The summed E-state index contributed by atoms with van der Waals surface area (Å²) < 4.78 is 1.88. The second kappa shape index (κ2) is 6.72. The zero-order valence-corrected chi connectivity index (χ0v) is 15.7. The lowest BCUT2D eigenvalue weighted by molar-refractivity contribution is -0.131. The molecule has 1 unspecified atom stereocenters. The number of nitrogens with zero attached hydrogens (tertiary/aromatic N) is 5. The van der Waals surface area contributed by atoms with Gasteiger partial charge in [0.25, 0.3) is 0 Å². The lowest BCUT2D eigenvalue weighted by Gasteiger charge is -2.49. The molecule has 2 aliphatic heterocycles. The lowest BCUT2D eigenvalue weighted by Crippen LogP contribution is -2.60. The van der Waals surface area contributed by atoms with E-state index in [9.17, 15) is 4.79 Å². The molecule has 0 bridgehead atoms. The Morgan fingerprint density at radius 2 is 2.04 bits per heavy atom. The van der Waals surface area contributed by atoms with E-state index in [4.69, 9.17) is 0 Å². The highest BCUT2D eigenvalue weighted by atomic mass is 16.2. The quantitative estimate of drug-likeness (QED) is 0.826. The summed E-state index contributed by atoms with van der Waals surface area (Å²) in [6.07, 6.45) is 9.51. The molecule has 138 valence electrons. The zero-order chi connectivity index (χ0) is 17.4. The lowest BCUT2D eigenvalue weighted by atomic mass is 9.86. The summed E-state index contributed by atoms with van der Waals surface area (Å²) in [4.78, 5) is 19.8. The summed E-state index contributed by atoms with van der Waals surface area (Å²) in [5.41, 5.74) is 1.43. The van der Waals surface area contributed by atoms with E-state index in [1.165, 1.54) is 18.4 Å². The van der Waals surface area contributed by atoms with Gasteiger partial charge in [-0.05, 0) is 38.6 Å². The molecule has 25 heavy (non-hydrogen) atoms. The van der Waals surface area contributed by atoms with Gasteiger partial charge in [-0.3, -0.25) is 19.3 Å². The third kappa shape index (κ3) is 3.75. The average molecular weight is 345 g/mol. The molecule has 1 saturated carbocycles. The Balaban J connectivity index is 1.43. The monoisotopic (exact) mass is 345 g/mol. The SMILES string of the molecule is CN1CCN(Cc2cnn(C)c2)CC12CCC(=O)N(CC1CC1)CC2. The summed E-state index contributed by atoms with van der Waals surface area (Å²) >= 11 is 0. The van der Waals surface area contributed by atoms with Crippen LogP contribution in [0.1, 0.15) is 37.7 Å². The van der Waals surface area contributed by atoms with Crippen molar-refractivity contribution in [2.45, 2.75) is 44.2 Å². The third-order valence-corrected chi connectivity index (χ3v) is 6.42. The number of rotatable bonds is 4. The fraction of sp³-hybridized carbons (Fsp3) is 0.789. The van der Waals surface area contributed by atoms with Gasteiger partial charge in [0.15, 0.2) is 0 Å². The van der Waals surface area contributed by atoms with E-state index in [1.807, 2.05) is 17.9 Å². The maximum absolute atomic E-state index is 12.6. The number of likely N-dealkylation sites (N-methyl/N-ethyl adjacent to an activating group) is 1. The Labute approximate surface area is 150 Å². The molecule has 6 heteroatoms. The van der Waals surface area contributed by atoms with Gasteiger partial charge in [-0.25, -0.2) is 0 Å². The smallest absolute Gasteiger partial charge is 0.222 e. The molecule has 1 spiro atoms. The largest absolute Gasteiger partial charge is 0.342 e. The van der Waals surface area contributed by atoms with E-state index in [-0.39, 0.29) is 5.54 Å². The molecule has 3 aliphatic rings. The Kier molecular flexibility index (Phi) is 4.58. The van der Waals surface area contributed by atoms with Crippen LogP contribution in [0.15, 0.2) is 12.4 Å². The highest BCUT2D eigenvalue weighted by molar-refractivity contribution is 5.76. The van der Waals surface area contributed by atoms with Crippen LogP contribution in [0.25, 0.3) is 0 Å². The van der Waals surface area contributed by atoms with Crippen LogP contribution in [-0.4, -0.2) is 75.7 Å². The van der Waals surface area contributed by atoms with E-state index in [2.05, 4.69) is 33.0 Å². The number of carbonyl (C=O) groups excluding carboxylic acids is 1. The summed E-state index contributed by atoms with van der Waals surface area (Å²) in [7, 11) is 4.22. The molecule has 1 aliphatic carbocycles. The van der Waals surface area contributed by atoms with Crippen molar-refractivity contribution in [2.75, 3.05) is 39.8 Å². The first kappa shape index (κ1) is 17.0. The maximum Gasteiger partial charge on any atom is 0.222 e. The van der Waals surface area contributed by atoms with Gasteiger partial charge in [-0.1, -0.05) is 0 Å². The van der Waals surface area contributed by atoms with Gasteiger partial charge >= 0.3 is 0 Å². The van der Waals surface area contributed by atoms with Crippen LogP contribution in [0.4, 0.5) is 0 Å². The molecule has 1 amide bonds. The summed E-state index contributed by atoms with van der Waals surface area (Å²) in [5.74, 6) is 1.16. The maximum atomic E-state index is 12.6. The molecular formula is C19H31N5O. The molecule has 0 aromatic carbocycles. The first-order chi connectivity index (χ1) is 12.0. The number of hydrogen-bond donors (Lipinski definition) is 0. The van der Waals surface area contributed by atoms with Crippen molar-refractivity contribution >= 4 is 5.91 Å². The van der Waals surface area contributed by atoms with Crippen molar-refractivity contribution < 1.29 is 4.79 Å². The van der Waals surface area contributed by atoms with Crippen LogP contribution in [0, 0.1) is 5.92 Å². The second-order valence-corrected chi connectivity index (χ2v) is 8.41. The molecule has 0 radical (unpaired) electrons. The number of amides is 1. The summed E-state index contributed by atoms with van der Waals surface area (Å²) in [6.45, 7) is 6.12. The van der Waals surface area contributed by atoms with Gasteiger partial charge in [0, 0.05) is 70.0 Å². The van der Waals surface area contributed by atoms with Crippen LogP contribution in [0.3, 0.4) is 0 Å². The highest BCUT2D eigenvalue weighted by Gasteiger charge is 2.42. The van der Waals surface area contributed by atoms with Gasteiger partial charge in [0.2, 0.25) is 5.91 Å². The predicted molar refractivity (Wildman–Crippen MR) is 97.0 cm³/mol. The van der Waals surface area contributed by atoms with Gasteiger partial charge < -0.3 is 4.90 Å². The van der Waals surface area contributed by atoms with Crippen molar-refractivity contribution in [1.82, 2.24) is 24.5 Å². The van der Waals surface area contributed by atoms with Crippen LogP contribution in [-0.2, 0) is 18.4 Å². The first-order valence-corrected chi connectivity index (χ1v) is 9.73. The van der Waals surface area contributed by atoms with Gasteiger partial charge in [-0.2, -0.15) is 5.10 Å².